The van der Waals surface area contributed by atoms with Gasteiger partial charge in [0.1, 0.15) is 6.23 Å². The highest BCUT2D eigenvalue weighted by molar-refractivity contribution is 4.54. The van der Waals surface area contributed by atoms with E-state index in [1.54, 1.807) is 0 Å². The molecule has 9 heavy (non-hydrogen) atoms. The Balaban J connectivity index is 3.41. The van der Waals surface area contributed by atoms with Crippen LogP contribution >= 0.6 is 0 Å². The second kappa shape index (κ2) is 4.77. The van der Waals surface area contributed by atoms with Gasteiger partial charge in [-0.2, -0.15) is 0 Å². The second-order valence-electron chi connectivity index (χ2n) is 2.16. The van der Waals surface area contributed by atoms with Crippen molar-refractivity contribution in [3.63, 3.8) is 0 Å². The van der Waals surface area contributed by atoms with Crippen LogP contribution in [-0.2, 0) is 4.74 Å². The third-order valence-electron chi connectivity index (χ3n) is 1.18. The molecule has 55 valence electrons. The van der Waals surface area contributed by atoms with E-state index in [1.807, 2.05) is 25.9 Å². The third kappa shape index (κ3) is 3.49. The summed E-state index contributed by atoms with van der Waals surface area (Å²) in [6.45, 7) is 6.51. The van der Waals surface area contributed by atoms with Crippen LogP contribution in [0.5, 0.6) is 0 Å². The zero-order valence-electron chi connectivity index (χ0n) is 6.55. The lowest BCUT2D eigenvalue weighted by Crippen LogP contribution is -2.29. The standard InChI is InChI=1S/C7H16NO/c1-5-7(8(3)4)9-6-2/h7H,1,5-6H2,2-4H3. The molecule has 0 amide bonds. The van der Waals surface area contributed by atoms with Crippen molar-refractivity contribution in [1.29, 1.82) is 0 Å². The van der Waals surface area contributed by atoms with Crippen LogP contribution in [-0.4, -0.2) is 31.8 Å². The number of nitrogens with zero attached hydrogens (tertiary/aromatic N) is 1. The molecule has 0 aliphatic carbocycles. The molecule has 1 radical (unpaired) electrons. The smallest absolute Gasteiger partial charge is 0.110 e. The van der Waals surface area contributed by atoms with Crippen molar-refractivity contribution in [2.24, 2.45) is 0 Å². The maximum Gasteiger partial charge on any atom is 0.110 e. The van der Waals surface area contributed by atoms with Crippen molar-refractivity contribution in [2.45, 2.75) is 19.6 Å². The average molecular weight is 130 g/mol. The first-order chi connectivity index (χ1) is 4.22. The van der Waals surface area contributed by atoms with Gasteiger partial charge in [0.25, 0.3) is 0 Å². The fraction of sp³-hybridized carbons (Fsp3) is 0.857. The molecule has 2 nitrogen and oxygen atoms in total. The molecule has 1 atom stereocenters. The van der Waals surface area contributed by atoms with E-state index in [4.69, 9.17) is 4.74 Å². The summed E-state index contributed by atoms with van der Waals surface area (Å²) in [6.07, 6.45) is 0.996. The van der Waals surface area contributed by atoms with Gasteiger partial charge in [0.15, 0.2) is 0 Å². The summed E-state index contributed by atoms with van der Waals surface area (Å²) < 4.78 is 5.32. The molecule has 0 saturated heterocycles. The van der Waals surface area contributed by atoms with Crippen LogP contribution in [0.2, 0.25) is 0 Å². The summed E-state index contributed by atoms with van der Waals surface area (Å²) >= 11 is 0. The van der Waals surface area contributed by atoms with Crippen molar-refractivity contribution < 1.29 is 4.74 Å². The predicted octanol–water partition coefficient (Wildman–Crippen LogP) is 1.13. The highest BCUT2D eigenvalue weighted by Crippen LogP contribution is 1.98. The summed E-state index contributed by atoms with van der Waals surface area (Å²) in [5.41, 5.74) is 0. The Morgan fingerprint density at radius 3 is 2.22 bits per heavy atom. The van der Waals surface area contributed by atoms with Gasteiger partial charge in [-0.15, -0.1) is 0 Å². The van der Waals surface area contributed by atoms with Gasteiger partial charge in [-0.3, -0.25) is 4.90 Å². The van der Waals surface area contributed by atoms with E-state index < -0.39 is 0 Å². The van der Waals surface area contributed by atoms with Gasteiger partial charge < -0.3 is 4.74 Å². The van der Waals surface area contributed by atoms with Gasteiger partial charge in [0.05, 0.1) is 0 Å². The van der Waals surface area contributed by atoms with E-state index >= 15 is 0 Å². The zero-order valence-corrected chi connectivity index (χ0v) is 6.55. The molecule has 1 unspecified atom stereocenters. The monoisotopic (exact) mass is 130 g/mol. The van der Waals surface area contributed by atoms with E-state index in [1.165, 1.54) is 0 Å². The molecule has 0 saturated carbocycles. The fourth-order valence-electron chi connectivity index (χ4n) is 0.683. The Bertz CT molecular complexity index is 63.9. The van der Waals surface area contributed by atoms with Crippen LogP contribution in [0, 0.1) is 6.92 Å². The maximum atomic E-state index is 5.32. The van der Waals surface area contributed by atoms with Crippen molar-refractivity contribution in [1.82, 2.24) is 4.90 Å². The first-order valence-electron chi connectivity index (χ1n) is 3.29. The molecule has 0 rings (SSSR count). The van der Waals surface area contributed by atoms with E-state index in [0.717, 1.165) is 13.0 Å². The van der Waals surface area contributed by atoms with E-state index in [2.05, 4.69) is 6.92 Å². The summed E-state index contributed by atoms with van der Waals surface area (Å²) in [5.74, 6) is 0. The van der Waals surface area contributed by atoms with E-state index in [-0.39, 0.29) is 6.23 Å². The molecule has 0 aliphatic heterocycles. The molecular formula is C7H16NO. The normalized spacial score (nSPS) is 14.3. The van der Waals surface area contributed by atoms with Crippen molar-refractivity contribution in [2.75, 3.05) is 20.7 Å². The van der Waals surface area contributed by atoms with Gasteiger partial charge in [-0.05, 0) is 34.4 Å². The third-order valence-corrected chi connectivity index (χ3v) is 1.18. The summed E-state index contributed by atoms with van der Waals surface area (Å²) in [6, 6.07) is 0. The second-order valence-corrected chi connectivity index (χ2v) is 2.16. The number of hydrogen-bond donors (Lipinski definition) is 0. The van der Waals surface area contributed by atoms with Crippen LogP contribution < -0.4 is 0 Å². The SMILES string of the molecule is [CH2]CC(OCC)N(C)C. The first kappa shape index (κ1) is 8.92. The Kier molecular flexibility index (Phi) is 4.72. The van der Waals surface area contributed by atoms with Crippen molar-refractivity contribution >= 4 is 0 Å². The summed E-state index contributed by atoms with van der Waals surface area (Å²) in [5, 5.41) is 0. The highest BCUT2D eigenvalue weighted by Gasteiger charge is 2.05. The minimum Gasteiger partial charge on any atom is -0.363 e. The summed E-state index contributed by atoms with van der Waals surface area (Å²) in [7, 11) is 3.98. The molecule has 0 bridgehead atoms. The molecule has 0 aromatic carbocycles. The summed E-state index contributed by atoms with van der Waals surface area (Å²) in [4.78, 5) is 2.02. The Labute approximate surface area is 57.8 Å². The predicted molar refractivity (Wildman–Crippen MR) is 39.1 cm³/mol. The van der Waals surface area contributed by atoms with Crippen LogP contribution in [0.15, 0.2) is 0 Å². The first-order valence-corrected chi connectivity index (χ1v) is 3.29. The fourth-order valence-corrected chi connectivity index (χ4v) is 0.683. The quantitative estimate of drug-likeness (QED) is 0.529. The zero-order chi connectivity index (χ0) is 7.28. The molecular weight excluding hydrogens is 114 g/mol. The molecule has 2 heteroatoms. The number of ether oxygens (including phenoxy) is 1. The highest BCUT2D eigenvalue weighted by atomic mass is 16.5. The van der Waals surface area contributed by atoms with Crippen LogP contribution in [0.3, 0.4) is 0 Å². The average Bonchev–Trinajstić information content (AvgIpc) is 1.82. The minimum atomic E-state index is 0.190. The molecule has 0 N–H and O–H groups in total. The Morgan fingerprint density at radius 2 is 2.11 bits per heavy atom. The molecule has 0 fully saturated rings. The van der Waals surface area contributed by atoms with Crippen LogP contribution in [0.25, 0.3) is 0 Å². The Hall–Kier alpha value is -0.0800. The van der Waals surface area contributed by atoms with E-state index in [9.17, 15) is 0 Å². The minimum absolute atomic E-state index is 0.190. The van der Waals surface area contributed by atoms with Crippen LogP contribution in [0.1, 0.15) is 13.3 Å². The maximum absolute atomic E-state index is 5.32. The topological polar surface area (TPSA) is 12.5 Å². The molecule has 0 aromatic heterocycles. The van der Waals surface area contributed by atoms with Gasteiger partial charge in [-0.25, -0.2) is 0 Å². The molecule has 0 heterocycles. The van der Waals surface area contributed by atoms with Crippen molar-refractivity contribution in [3.8, 4) is 0 Å². The van der Waals surface area contributed by atoms with Gasteiger partial charge in [-0.1, -0.05) is 0 Å². The number of rotatable bonds is 4. The molecule has 0 aromatic rings. The Morgan fingerprint density at radius 1 is 1.56 bits per heavy atom. The van der Waals surface area contributed by atoms with Gasteiger partial charge in [0.2, 0.25) is 0 Å². The van der Waals surface area contributed by atoms with Gasteiger partial charge >= 0.3 is 0 Å². The number of hydrogen-bond acceptors (Lipinski definition) is 2. The molecule has 0 aliphatic rings. The lowest BCUT2D eigenvalue weighted by atomic mass is 10.4. The van der Waals surface area contributed by atoms with E-state index in [0.29, 0.717) is 0 Å². The van der Waals surface area contributed by atoms with Crippen molar-refractivity contribution in [3.05, 3.63) is 6.92 Å². The van der Waals surface area contributed by atoms with Gasteiger partial charge in [0, 0.05) is 6.61 Å². The lowest BCUT2D eigenvalue weighted by Gasteiger charge is -2.21. The molecule has 0 spiro atoms. The van der Waals surface area contributed by atoms with Crippen LogP contribution in [0.4, 0.5) is 0 Å². The lowest BCUT2D eigenvalue weighted by molar-refractivity contribution is -0.0276. The largest absolute Gasteiger partial charge is 0.363 e.